The second kappa shape index (κ2) is 5.91. The fraction of sp³-hybridized carbons (Fsp3) is 0.0714. The molecule has 2 heterocycles. The van der Waals surface area contributed by atoms with E-state index in [2.05, 4.69) is 25.8 Å². The molecule has 1 N–H and O–H groups in total. The van der Waals surface area contributed by atoms with Gasteiger partial charge in [-0.1, -0.05) is 12.1 Å². The van der Waals surface area contributed by atoms with Crippen LogP contribution in [0.2, 0.25) is 0 Å². The topological polar surface area (TPSA) is 85.6 Å². The van der Waals surface area contributed by atoms with Gasteiger partial charge in [0.15, 0.2) is 0 Å². The number of nitrogens with zero attached hydrogens (tertiary/aromatic N) is 5. The van der Waals surface area contributed by atoms with Crippen molar-refractivity contribution in [3.8, 4) is 5.69 Å². The molecule has 0 fully saturated rings. The van der Waals surface area contributed by atoms with Gasteiger partial charge in [-0.15, -0.1) is 5.10 Å². The molecule has 1 amide bonds. The summed E-state index contributed by atoms with van der Waals surface area (Å²) in [6.45, 7) is 0.384. The van der Waals surface area contributed by atoms with Gasteiger partial charge in [0.1, 0.15) is 6.33 Å². The SMILES string of the molecule is O=C(NCc1ccccn1)c1cccc(-n2cnnn2)c1. The van der Waals surface area contributed by atoms with Gasteiger partial charge in [-0.25, -0.2) is 4.68 Å². The smallest absolute Gasteiger partial charge is 0.251 e. The van der Waals surface area contributed by atoms with Crippen LogP contribution in [0.1, 0.15) is 16.1 Å². The Balaban J connectivity index is 1.72. The molecule has 0 unspecified atom stereocenters. The van der Waals surface area contributed by atoms with Crippen molar-refractivity contribution in [2.24, 2.45) is 0 Å². The molecule has 0 saturated carbocycles. The number of amides is 1. The average molecular weight is 280 g/mol. The summed E-state index contributed by atoms with van der Waals surface area (Å²) in [7, 11) is 0. The van der Waals surface area contributed by atoms with Crippen LogP contribution in [0.4, 0.5) is 0 Å². The molecule has 3 aromatic rings. The van der Waals surface area contributed by atoms with Crippen molar-refractivity contribution in [3.05, 3.63) is 66.2 Å². The maximum atomic E-state index is 12.1. The number of nitrogens with one attached hydrogen (secondary N) is 1. The van der Waals surface area contributed by atoms with Gasteiger partial charge in [0.05, 0.1) is 17.9 Å². The number of aromatic nitrogens is 5. The molecule has 0 saturated heterocycles. The van der Waals surface area contributed by atoms with E-state index in [1.807, 2.05) is 24.3 Å². The van der Waals surface area contributed by atoms with Gasteiger partial charge in [0.2, 0.25) is 0 Å². The molecule has 21 heavy (non-hydrogen) atoms. The third-order valence-electron chi connectivity index (χ3n) is 2.88. The molecular weight excluding hydrogens is 268 g/mol. The summed E-state index contributed by atoms with van der Waals surface area (Å²) in [4.78, 5) is 16.3. The average Bonchev–Trinajstić information content (AvgIpc) is 3.08. The van der Waals surface area contributed by atoms with E-state index in [9.17, 15) is 4.79 Å². The highest BCUT2D eigenvalue weighted by Crippen LogP contribution is 2.08. The van der Waals surface area contributed by atoms with E-state index in [-0.39, 0.29) is 5.91 Å². The number of benzene rings is 1. The van der Waals surface area contributed by atoms with Crippen LogP contribution in [0.15, 0.2) is 55.0 Å². The van der Waals surface area contributed by atoms with Gasteiger partial charge in [0, 0.05) is 11.8 Å². The third kappa shape index (κ3) is 3.08. The number of hydrogen-bond donors (Lipinski definition) is 1. The number of rotatable bonds is 4. The van der Waals surface area contributed by atoms with E-state index in [4.69, 9.17) is 0 Å². The molecule has 0 bridgehead atoms. The van der Waals surface area contributed by atoms with Gasteiger partial charge >= 0.3 is 0 Å². The molecule has 0 spiro atoms. The molecule has 104 valence electrons. The van der Waals surface area contributed by atoms with Gasteiger partial charge in [-0.2, -0.15) is 0 Å². The standard InChI is InChI=1S/C14H12N6O/c21-14(16-9-12-5-1-2-7-15-12)11-4-3-6-13(8-11)20-10-17-18-19-20/h1-8,10H,9H2,(H,16,21). The molecular formula is C14H12N6O. The molecule has 0 aliphatic rings. The molecule has 7 nitrogen and oxygen atoms in total. The predicted molar refractivity (Wildman–Crippen MR) is 74.6 cm³/mol. The van der Waals surface area contributed by atoms with Crippen molar-refractivity contribution < 1.29 is 4.79 Å². The van der Waals surface area contributed by atoms with Crippen molar-refractivity contribution in [3.63, 3.8) is 0 Å². The summed E-state index contributed by atoms with van der Waals surface area (Å²) in [5.74, 6) is -0.171. The Morgan fingerprint density at radius 2 is 2.14 bits per heavy atom. The summed E-state index contributed by atoms with van der Waals surface area (Å²) in [5, 5.41) is 13.8. The van der Waals surface area contributed by atoms with Crippen LogP contribution in [0.3, 0.4) is 0 Å². The Kier molecular flexibility index (Phi) is 3.64. The summed E-state index contributed by atoms with van der Waals surface area (Å²) < 4.78 is 1.50. The first kappa shape index (κ1) is 12.9. The quantitative estimate of drug-likeness (QED) is 0.770. The first-order valence-corrected chi connectivity index (χ1v) is 6.34. The van der Waals surface area contributed by atoms with Crippen LogP contribution >= 0.6 is 0 Å². The Bertz CT molecular complexity index is 726. The van der Waals surface area contributed by atoms with Gasteiger partial charge in [0.25, 0.3) is 5.91 Å². The van der Waals surface area contributed by atoms with Crippen molar-refractivity contribution in [1.29, 1.82) is 0 Å². The Morgan fingerprint density at radius 3 is 2.90 bits per heavy atom. The van der Waals surface area contributed by atoms with Crippen LogP contribution in [0.5, 0.6) is 0 Å². The van der Waals surface area contributed by atoms with Crippen LogP contribution in [-0.4, -0.2) is 31.1 Å². The number of carbonyl (C=O) groups is 1. The van der Waals surface area contributed by atoms with Gasteiger partial charge in [-0.05, 0) is 40.8 Å². The zero-order chi connectivity index (χ0) is 14.5. The highest BCUT2D eigenvalue weighted by atomic mass is 16.1. The lowest BCUT2D eigenvalue weighted by molar-refractivity contribution is 0.0950. The first-order valence-electron chi connectivity index (χ1n) is 6.34. The van der Waals surface area contributed by atoms with Crippen LogP contribution in [0, 0.1) is 0 Å². The first-order chi connectivity index (χ1) is 10.3. The summed E-state index contributed by atoms with van der Waals surface area (Å²) in [6.07, 6.45) is 3.17. The number of tetrazole rings is 1. The van der Waals surface area contributed by atoms with Crippen molar-refractivity contribution >= 4 is 5.91 Å². The third-order valence-corrected chi connectivity index (χ3v) is 2.88. The van der Waals surface area contributed by atoms with Crippen LogP contribution < -0.4 is 5.32 Å². The Labute approximate surface area is 120 Å². The molecule has 0 atom stereocenters. The van der Waals surface area contributed by atoms with Crippen molar-refractivity contribution in [2.75, 3.05) is 0 Å². The lowest BCUT2D eigenvalue weighted by Crippen LogP contribution is -2.23. The maximum absolute atomic E-state index is 12.1. The summed E-state index contributed by atoms with van der Waals surface area (Å²) in [6, 6.07) is 12.6. The van der Waals surface area contributed by atoms with Crippen molar-refractivity contribution in [1.82, 2.24) is 30.5 Å². The minimum atomic E-state index is -0.171. The fourth-order valence-electron chi connectivity index (χ4n) is 1.84. The van der Waals surface area contributed by atoms with Crippen LogP contribution in [0.25, 0.3) is 5.69 Å². The number of hydrogen-bond acceptors (Lipinski definition) is 5. The van der Waals surface area contributed by atoms with E-state index in [1.54, 1.807) is 24.4 Å². The monoisotopic (exact) mass is 280 g/mol. The Hall–Kier alpha value is -3.09. The van der Waals surface area contributed by atoms with Gasteiger partial charge < -0.3 is 5.32 Å². The maximum Gasteiger partial charge on any atom is 0.251 e. The highest BCUT2D eigenvalue weighted by Gasteiger charge is 2.07. The number of pyridine rings is 1. The molecule has 1 aromatic carbocycles. The largest absolute Gasteiger partial charge is 0.346 e. The molecule has 0 radical (unpaired) electrons. The normalized spacial score (nSPS) is 10.3. The fourth-order valence-corrected chi connectivity index (χ4v) is 1.84. The summed E-state index contributed by atoms with van der Waals surface area (Å²) in [5.41, 5.74) is 2.08. The zero-order valence-electron chi connectivity index (χ0n) is 11.0. The lowest BCUT2D eigenvalue weighted by Gasteiger charge is -2.06. The van der Waals surface area contributed by atoms with Crippen LogP contribution in [-0.2, 0) is 6.54 Å². The van der Waals surface area contributed by atoms with E-state index >= 15 is 0 Å². The molecule has 7 heteroatoms. The molecule has 0 aliphatic carbocycles. The summed E-state index contributed by atoms with van der Waals surface area (Å²) >= 11 is 0. The van der Waals surface area contributed by atoms with Gasteiger partial charge in [-0.3, -0.25) is 9.78 Å². The molecule has 2 aromatic heterocycles. The number of carbonyl (C=O) groups excluding carboxylic acids is 1. The molecule has 3 rings (SSSR count). The minimum absolute atomic E-state index is 0.171. The highest BCUT2D eigenvalue weighted by molar-refractivity contribution is 5.94. The minimum Gasteiger partial charge on any atom is -0.346 e. The van der Waals surface area contributed by atoms with E-state index in [0.29, 0.717) is 12.1 Å². The molecule has 0 aliphatic heterocycles. The zero-order valence-corrected chi connectivity index (χ0v) is 11.0. The second-order valence-corrected chi connectivity index (χ2v) is 4.31. The predicted octanol–water partition coefficient (Wildman–Crippen LogP) is 0.987. The Morgan fingerprint density at radius 1 is 1.19 bits per heavy atom. The van der Waals surface area contributed by atoms with E-state index in [0.717, 1.165) is 11.4 Å². The van der Waals surface area contributed by atoms with Crippen molar-refractivity contribution in [2.45, 2.75) is 6.54 Å². The van der Waals surface area contributed by atoms with E-state index < -0.39 is 0 Å². The second-order valence-electron chi connectivity index (χ2n) is 4.31. The lowest BCUT2D eigenvalue weighted by atomic mass is 10.2. The van der Waals surface area contributed by atoms with E-state index in [1.165, 1.54) is 11.0 Å².